The lowest BCUT2D eigenvalue weighted by molar-refractivity contribution is -0.0548. The highest BCUT2D eigenvalue weighted by Crippen LogP contribution is 2.65. The first-order chi connectivity index (χ1) is 16.7. The molecular formula is C30H35NO3. The summed E-state index contributed by atoms with van der Waals surface area (Å²) in [6.45, 7) is 8.29. The summed E-state index contributed by atoms with van der Waals surface area (Å²) in [5, 5.41) is 0. The van der Waals surface area contributed by atoms with Gasteiger partial charge >= 0.3 is 0 Å². The van der Waals surface area contributed by atoms with Gasteiger partial charge in [-0.15, -0.1) is 0 Å². The molecule has 4 heteroatoms. The number of hydrogen-bond acceptors (Lipinski definition) is 4. The molecule has 2 aromatic carbocycles. The van der Waals surface area contributed by atoms with Gasteiger partial charge in [-0.1, -0.05) is 24.8 Å². The van der Waals surface area contributed by atoms with Gasteiger partial charge in [-0.25, -0.2) is 0 Å². The molecule has 178 valence electrons. The van der Waals surface area contributed by atoms with Crippen LogP contribution in [0.15, 0.2) is 43.0 Å². The monoisotopic (exact) mass is 457 g/mol. The maximum atomic E-state index is 6.86. The zero-order valence-corrected chi connectivity index (χ0v) is 20.2. The lowest BCUT2D eigenvalue weighted by Crippen LogP contribution is -2.64. The third-order valence-electron chi connectivity index (χ3n) is 9.28. The molecule has 3 aliphatic carbocycles. The lowest BCUT2D eigenvalue weighted by atomic mass is 9.51. The normalized spacial score (nSPS) is 30.9. The Morgan fingerprint density at radius 1 is 1.18 bits per heavy atom. The fourth-order valence-electron chi connectivity index (χ4n) is 7.80. The summed E-state index contributed by atoms with van der Waals surface area (Å²) >= 11 is 0. The van der Waals surface area contributed by atoms with Crippen molar-refractivity contribution >= 4 is 0 Å². The molecule has 0 radical (unpaired) electrons. The maximum Gasteiger partial charge on any atom is 0.165 e. The number of hydrogen-bond donors (Lipinski definition) is 0. The molecule has 4 nitrogen and oxygen atoms in total. The number of rotatable bonds is 7. The molecule has 2 heterocycles. The van der Waals surface area contributed by atoms with E-state index in [4.69, 9.17) is 14.2 Å². The van der Waals surface area contributed by atoms with E-state index in [9.17, 15) is 0 Å². The second kappa shape index (κ2) is 7.78. The predicted octanol–water partition coefficient (Wildman–Crippen LogP) is 5.73. The highest BCUT2D eigenvalue weighted by atomic mass is 16.5. The third kappa shape index (κ3) is 3.00. The molecule has 1 spiro atoms. The largest absolute Gasteiger partial charge is 0.490 e. The quantitative estimate of drug-likeness (QED) is 0.497. The van der Waals surface area contributed by atoms with Gasteiger partial charge in [0.15, 0.2) is 11.5 Å². The Kier molecular flexibility index (Phi) is 4.77. The molecule has 0 N–H and O–H groups in total. The van der Waals surface area contributed by atoms with Crippen LogP contribution in [0.1, 0.15) is 60.8 Å². The first kappa shape index (κ1) is 20.9. The van der Waals surface area contributed by atoms with E-state index < -0.39 is 0 Å². The first-order valence-corrected chi connectivity index (χ1v) is 13.2. The van der Waals surface area contributed by atoms with E-state index in [1.165, 1.54) is 62.6 Å². The van der Waals surface area contributed by atoms with Gasteiger partial charge in [0.25, 0.3) is 0 Å². The minimum atomic E-state index is 0.208. The van der Waals surface area contributed by atoms with Crippen LogP contribution in [0.3, 0.4) is 0 Å². The van der Waals surface area contributed by atoms with Crippen LogP contribution >= 0.6 is 0 Å². The Hall–Kier alpha value is -2.46. The smallest absolute Gasteiger partial charge is 0.165 e. The van der Waals surface area contributed by atoms with Gasteiger partial charge in [-0.3, -0.25) is 4.90 Å². The zero-order chi connectivity index (χ0) is 22.9. The molecule has 2 bridgehead atoms. The molecule has 2 aliphatic heterocycles. The molecular weight excluding hydrogens is 422 g/mol. The number of ether oxygens (including phenoxy) is 3. The molecule has 0 amide bonds. The van der Waals surface area contributed by atoms with Gasteiger partial charge in [-0.2, -0.15) is 0 Å². The Balaban J connectivity index is 1.24. The van der Waals surface area contributed by atoms with Crippen LogP contribution in [0.5, 0.6) is 17.2 Å². The van der Waals surface area contributed by atoms with Crippen molar-refractivity contribution in [3.05, 3.63) is 65.2 Å². The molecule has 5 aliphatic rings. The van der Waals surface area contributed by atoms with Gasteiger partial charge in [0, 0.05) is 23.1 Å². The fraction of sp³-hybridized carbons (Fsp3) is 0.533. The SMILES string of the molecule is C=CCOc1cccc(COc2cc(C)c3c4c2O[C@H]2CCC[C@H]5[C@@H](C3)N(C3CC3)CC[C@]425)c1. The zero-order valence-electron chi connectivity index (χ0n) is 20.2. The lowest BCUT2D eigenvalue weighted by Gasteiger charge is -2.58. The van der Waals surface area contributed by atoms with Crippen molar-refractivity contribution in [1.82, 2.24) is 4.90 Å². The first-order valence-electron chi connectivity index (χ1n) is 13.2. The highest BCUT2D eigenvalue weighted by Gasteiger charge is 2.64. The summed E-state index contributed by atoms with van der Waals surface area (Å²) in [7, 11) is 0. The Morgan fingerprint density at radius 2 is 2.09 bits per heavy atom. The number of aryl methyl sites for hydroxylation is 1. The molecule has 7 rings (SSSR count). The third-order valence-corrected chi connectivity index (χ3v) is 9.28. The van der Waals surface area contributed by atoms with Crippen molar-refractivity contribution < 1.29 is 14.2 Å². The van der Waals surface area contributed by atoms with E-state index in [-0.39, 0.29) is 5.41 Å². The predicted molar refractivity (Wildman–Crippen MR) is 133 cm³/mol. The standard InChI is InChI=1S/C30H35NO3/c1-3-14-32-22-7-4-6-20(16-22)18-33-26-15-19(2)23-17-25-24-8-5-9-27-30(24,28(23)29(26)34-27)12-13-31(25)21-10-11-21/h3-4,6-7,15-16,21,24-25,27H,1,5,8-14,17-18H2,2H3/t24-,25+,27-,30+/m0/s1. The van der Waals surface area contributed by atoms with Crippen molar-refractivity contribution in [2.24, 2.45) is 5.92 Å². The Labute approximate surface area is 202 Å². The minimum absolute atomic E-state index is 0.208. The summed E-state index contributed by atoms with van der Waals surface area (Å²) in [5.41, 5.74) is 5.80. The minimum Gasteiger partial charge on any atom is -0.490 e. The van der Waals surface area contributed by atoms with Gasteiger partial charge in [0.05, 0.1) is 0 Å². The number of piperidine rings is 1. The Morgan fingerprint density at radius 3 is 2.94 bits per heavy atom. The van der Waals surface area contributed by atoms with Crippen LogP contribution in [0, 0.1) is 12.8 Å². The highest BCUT2D eigenvalue weighted by molar-refractivity contribution is 5.63. The average molecular weight is 458 g/mol. The van der Waals surface area contributed by atoms with Crippen molar-refractivity contribution in [2.45, 2.75) is 82.1 Å². The number of likely N-dealkylation sites (tertiary alicyclic amines) is 1. The molecule has 2 saturated carbocycles. The van der Waals surface area contributed by atoms with Crippen molar-refractivity contribution in [1.29, 1.82) is 0 Å². The van der Waals surface area contributed by atoms with Crippen LogP contribution in [0.4, 0.5) is 0 Å². The van der Waals surface area contributed by atoms with E-state index in [2.05, 4.69) is 36.6 Å². The van der Waals surface area contributed by atoms with E-state index in [0.29, 0.717) is 25.4 Å². The maximum absolute atomic E-state index is 6.86. The topological polar surface area (TPSA) is 30.9 Å². The van der Waals surface area contributed by atoms with E-state index in [0.717, 1.165) is 34.8 Å². The van der Waals surface area contributed by atoms with Crippen molar-refractivity contribution in [3.63, 3.8) is 0 Å². The molecule has 0 unspecified atom stereocenters. The molecule has 34 heavy (non-hydrogen) atoms. The van der Waals surface area contributed by atoms with E-state index >= 15 is 0 Å². The Bertz CT molecular complexity index is 1140. The van der Waals surface area contributed by atoms with Crippen molar-refractivity contribution in [2.75, 3.05) is 13.2 Å². The van der Waals surface area contributed by atoms with Crippen LogP contribution in [0.25, 0.3) is 0 Å². The second-order valence-electron chi connectivity index (χ2n) is 11.1. The number of benzene rings is 2. The summed E-state index contributed by atoms with van der Waals surface area (Å²) in [6, 6.07) is 12.0. The summed E-state index contributed by atoms with van der Waals surface area (Å²) in [5.74, 6) is 3.58. The molecule has 4 atom stereocenters. The van der Waals surface area contributed by atoms with E-state index in [1.807, 2.05) is 12.1 Å². The van der Waals surface area contributed by atoms with Gasteiger partial charge < -0.3 is 14.2 Å². The van der Waals surface area contributed by atoms with Gasteiger partial charge in [-0.05, 0) is 99.2 Å². The summed E-state index contributed by atoms with van der Waals surface area (Å²) in [6.07, 6.45) is 11.2. The second-order valence-corrected chi connectivity index (χ2v) is 11.1. The van der Waals surface area contributed by atoms with Crippen LogP contribution < -0.4 is 14.2 Å². The van der Waals surface area contributed by atoms with Crippen LogP contribution in [0.2, 0.25) is 0 Å². The number of nitrogens with zero attached hydrogens (tertiary/aromatic N) is 1. The molecule has 2 aromatic rings. The van der Waals surface area contributed by atoms with Gasteiger partial charge in [0.1, 0.15) is 25.1 Å². The van der Waals surface area contributed by atoms with Crippen molar-refractivity contribution in [3.8, 4) is 17.2 Å². The molecule has 3 fully saturated rings. The molecule has 1 saturated heterocycles. The van der Waals surface area contributed by atoms with Crippen LogP contribution in [-0.2, 0) is 18.4 Å². The molecule has 0 aromatic heterocycles. The summed E-state index contributed by atoms with van der Waals surface area (Å²) < 4.78 is 19.1. The van der Waals surface area contributed by atoms with Gasteiger partial charge in [0.2, 0.25) is 0 Å². The van der Waals surface area contributed by atoms with E-state index in [1.54, 1.807) is 11.6 Å². The summed E-state index contributed by atoms with van der Waals surface area (Å²) in [4.78, 5) is 2.89. The van der Waals surface area contributed by atoms with Crippen LogP contribution in [-0.4, -0.2) is 36.2 Å². The fourth-order valence-corrected chi connectivity index (χ4v) is 7.80. The average Bonchev–Trinajstić information content (AvgIpc) is 3.63.